The highest BCUT2D eigenvalue weighted by Gasteiger charge is 2.14. The van der Waals surface area contributed by atoms with Crippen LogP contribution in [-0.4, -0.2) is 16.0 Å². The van der Waals surface area contributed by atoms with Crippen molar-refractivity contribution in [3.8, 4) is 11.3 Å². The van der Waals surface area contributed by atoms with E-state index < -0.39 is 0 Å². The number of carbonyl (C=O) groups excluding carboxylic acids is 1. The molecule has 4 heteroatoms. The van der Waals surface area contributed by atoms with Crippen molar-refractivity contribution in [1.29, 1.82) is 0 Å². The van der Waals surface area contributed by atoms with Crippen molar-refractivity contribution in [2.45, 2.75) is 13.8 Å². The van der Waals surface area contributed by atoms with Gasteiger partial charge in [-0.3, -0.25) is 4.79 Å². The second-order valence-electron chi connectivity index (χ2n) is 4.83. The number of aryl methyl sites for hydroxylation is 1. The van der Waals surface area contributed by atoms with Crippen molar-refractivity contribution >= 4 is 22.8 Å². The molecule has 3 rings (SSSR count). The Morgan fingerprint density at radius 1 is 1.14 bits per heavy atom. The maximum atomic E-state index is 11.2. The average Bonchev–Trinajstić information content (AvgIpc) is 2.90. The average molecular weight is 278 g/mol. The van der Waals surface area contributed by atoms with E-state index in [1.165, 1.54) is 13.0 Å². The molecule has 0 aliphatic rings. The molecule has 0 bridgehead atoms. The number of aromatic nitrogens is 2. The smallest absolute Gasteiger partial charge is 0.152 e. The summed E-state index contributed by atoms with van der Waals surface area (Å²) in [5, 5.41) is 9.36. The number of fused-ring (bicyclic) bond motifs is 1. The number of carbonyl (C=O) groups is 1. The summed E-state index contributed by atoms with van der Waals surface area (Å²) >= 11 is 0. The van der Waals surface area contributed by atoms with E-state index in [0.717, 1.165) is 28.0 Å². The fourth-order valence-corrected chi connectivity index (χ4v) is 2.21. The molecule has 0 spiro atoms. The molecule has 0 N–H and O–H groups in total. The third-order valence-electron chi connectivity index (χ3n) is 3.16. The largest absolute Gasteiger partial charge is 0.461 e. The van der Waals surface area contributed by atoms with E-state index in [2.05, 4.69) is 10.2 Å². The Morgan fingerprint density at radius 2 is 1.95 bits per heavy atom. The third kappa shape index (κ3) is 2.60. The second kappa shape index (κ2) is 5.32. The fraction of sp³-hybridized carbons (Fsp3) is 0.118. The standard InChI is InChI=1S/C17H14N2O2/c1-11(20)7-9-15-17(16-10-8-12(2)21-16)13-5-3-4-6-14(13)18-19-15/h3-10H,1-2H3/b9-7-. The van der Waals surface area contributed by atoms with Gasteiger partial charge in [0.05, 0.1) is 16.8 Å². The predicted molar refractivity (Wildman–Crippen MR) is 81.7 cm³/mol. The van der Waals surface area contributed by atoms with Crippen LogP contribution in [0.25, 0.3) is 28.3 Å². The number of ketones is 1. The van der Waals surface area contributed by atoms with Gasteiger partial charge in [-0.25, -0.2) is 0 Å². The van der Waals surface area contributed by atoms with E-state index in [0.29, 0.717) is 5.69 Å². The van der Waals surface area contributed by atoms with Crippen LogP contribution in [0.15, 0.2) is 46.9 Å². The number of allylic oxidation sites excluding steroid dienone is 1. The molecule has 1 aromatic carbocycles. The molecule has 4 nitrogen and oxygen atoms in total. The lowest BCUT2D eigenvalue weighted by Crippen LogP contribution is -1.94. The van der Waals surface area contributed by atoms with E-state index in [-0.39, 0.29) is 5.78 Å². The zero-order chi connectivity index (χ0) is 14.8. The fourth-order valence-electron chi connectivity index (χ4n) is 2.21. The van der Waals surface area contributed by atoms with Crippen molar-refractivity contribution in [3.63, 3.8) is 0 Å². The van der Waals surface area contributed by atoms with Crippen molar-refractivity contribution in [3.05, 3.63) is 53.9 Å². The van der Waals surface area contributed by atoms with Crippen LogP contribution < -0.4 is 0 Å². The van der Waals surface area contributed by atoms with E-state index in [1.54, 1.807) is 6.08 Å². The van der Waals surface area contributed by atoms with Gasteiger partial charge in [-0.05, 0) is 44.2 Å². The number of hydrogen-bond donors (Lipinski definition) is 0. The van der Waals surface area contributed by atoms with Crippen LogP contribution in [0.3, 0.4) is 0 Å². The molecule has 0 unspecified atom stereocenters. The summed E-state index contributed by atoms with van der Waals surface area (Å²) in [7, 11) is 0. The molecule has 2 heterocycles. The highest BCUT2D eigenvalue weighted by molar-refractivity contribution is 5.98. The number of furan rings is 1. The molecule has 0 amide bonds. The van der Waals surface area contributed by atoms with E-state index in [4.69, 9.17) is 4.42 Å². The Hall–Kier alpha value is -2.75. The van der Waals surface area contributed by atoms with E-state index in [1.807, 2.05) is 43.3 Å². The van der Waals surface area contributed by atoms with Gasteiger partial charge in [-0.2, -0.15) is 0 Å². The molecular formula is C17H14N2O2. The summed E-state index contributed by atoms with van der Waals surface area (Å²) in [4.78, 5) is 11.2. The number of hydrogen-bond acceptors (Lipinski definition) is 4. The summed E-state index contributed by atoms with van der Waals surface area (Å²) in [5.74, 6) is 1.51. The van der Waals surface area contributed by atoms with Crippen molar-refractivity contribution in [2.75, 3.05) is 0 Å². The van der Waals surface area contributed by atoms with Gasteiger partial charge in [0.1, 0.15) is 11.5 Å². The van der Waals surface area contributed by atoms with Crippen LogP contribution in [0.1, 0.15) is 18.4 Å². The summed E-state index contributed by atoms with van der Waals surface area (Å²) in [6.07, 6.45) is 3.16. The van der Waals surface area contributed by atoms with Gasteiger partial charge in [-0.15, -0.1) is 10.2 Å². The molecule has 104 valence electrons. The maximum absolute atomic E-state index is 11.2. The van der Waals surface area contributed by atoms with E-state index in [9.17, 15) is 4.79 Å². The Kier molecular flexibility index (Phi) is 3.36. The first-order chi connectivity index (χ1) is 10.1. The molecule has 3 aromatic rings. The third-order valence-corrected chi connectivity index (χ3v) is 3.16. The van der Waals surface area contributed by atoms with Crippen LogP contribution in [0, 0.1) is 6.92 Å². The lowest BCUT2D eigenvalue weighted by atomic mass is 10.0. The quantitative estimate of drug-likeness (QED) is 0.684. The minimum Gasteiger partial charge on any atom is -0.461 e. The molecule has 0 saturated heterocycles. The van der Waals surface area contributed by atoms with Crippen LogP contribution in [0.4, 0.5) is 0 Å². The lowest BCUT2D eigenvalue weighted by molar-refractivity contribution is -0.112. The van der Waals surface area contributed by atoms with Gasteiger partial charge in [0.2, 0.25) is 0 Å². The highest BCUT2D eigenvalue weighted by atomic mass is 16.3. The SMILES string of the molecule is CC(=O)/C=C\c1nnc2ccccc2c1-c1ccc(C)o1. The van der Waals surface area contributed by atoms with Gasteiger partial charge >= 0.3 is 0 Å². The first-order valence-corrected chi connectivity index (χ1v) is 6.66. The van der Waals surface area contributed by atoms with Crippen molar-refractivity contribution in [2.24, 2.45) is 0 Å². The van der Waals surface area contributed by atoms with Gasteiger partial charge < -0.3 is 4.42 Å². The molecular weight excluding hydrogens is 264 g/mol. The first kappa shape index (κ1) is 13.2. The van der Waals surface area contributed by atoms with Crippen molar-refractivity contribution in [1.82, 2.24) is 10.2 Å². The minimum absolute atomic E-state index is 0.0356. The number of rotatable bonds is 3. The van der Waals surface area contributed by atoms with Gasteiger partial charge in [0.15, 0.2) is 5.78 Å². The molecule has 0 aliphatic heterocycles. The monoisotopic (exact) mass is 278 g/mol. The summed E-state index contributed by atoms with van der Waals surface area (Å²) in [6, 6.07) is 11.6. The topological polar surface area (TPSA) is 56.0 Å². The number of nitrogens with zero attached hydrogens (tertiary/aromatic N) is 2. The molecule has 0 radical (unpaired) electrons. The van der Waals surface area contributed by atoms with Crippen LogP contribution in [0.5, 0.6) is 0 Å². The van der Waals surface area contributed by atoms with Gasteiger partial charge in [0.25, 0.3) is 0 Å². The van der Waals surface area contributed by atoms with Crippen molar-refractivity contribution < 1.29 is 9.21 Å². The highest BCUT2D eigenvalue weighted by Crippen LogP contribution is 2.31. The van der Waals surface area contributed by atoms with Gasteiger partial charge in [0, 0.05) is 5.39 Å². The maximum Gasteiger partial charge on any atom is 0.152 e. The van der Waals surface area contributed by atoms with E-state index >= 15 is 0 Å². The molecule has 0 aliphatic carbocycles. The molecule has 0 atom stereocenters. The Labute approximate surface area is 122 Å². The summed E-state index contributed by atoms with van der Waals surface area (Å²) in [5.41, 5.74) is 2.27. The predicted octanol–water partition coefficient (Wildman–Crippen LogP) is 3.80. The Morgan fingerprint density at radius 3 is 2.67 bits per heavy atom. The Balaban J connectivity index is 2.30. The molecule has 21 heavy (non-hydrogen) atoms. The molecule has 2 aromatic heterocycles. The Bertz CT molecular complexity index is 847. The second-order valence-corrected chi connectivity index (χ2v) is 4.83. The van der Waals surface area contributed by atoms with Crippen LogP contribution >= 0.6 is 0 Å². The molecule has 0 fully saturated rings. The minimum atomic E-state index is -0.0356. The summed E-state index contributed by atoms with van der Waals surface area (Å²) < 4.78 is 5.74. The molecule has 0 saturated carbocycles. The summed E-state index contributed by atoms with van der Waals surface area (Å²) in [6.45, 7) is 3.40. The number of benzene rings is 1. The normalized spacial score (nSPS) is 11.3. The zero-order valence-electron chi connectivity index (χ0n) is 11.8. The lowest BCUT2D eigenvalue weighted by Gasteiger charge is -2.06. The van der Waals surface area contributed by atoms with Gasteiger partial charge in [-0.1, -0.05) is 18.2 Å². The zero-order valence-corrected chi connectivity index (χ0v) is 11.8. The first-order valence-electron chi connectivity index (χ1n) is 6.66. The van der Waals surface area contributed by atoms with Crippen LogP contribution in [0.2, 0.25) is 0 Å². The van der Waals surface area contributed by atoms with Crippen LogP contribution in [-0.2, 0) is 4.79 Å².